The van der Waals surface area contributed by atoms with E-state index in [0.29, 0.717) is 0 Å². The van der Waals surface area contributed by atoms with Crippen molar-refractivity contribution in [1.82, 2.24) is 10.2 Å². The normalized spacial score (nSPS) is 11.3. The molecule has 1 aromatic carbocycles. The van der Waals surface area contributed by atoms with Crippen LogP contribution in [0.1, 0.15) is 5.01 Å². The molecule has 0 fully saturated rings. The van der Waals surface area contributed by atoms with Crippen molar-refractivity contribution in [3.8, 4) is 5.75 Å². The molecule has 0 bridgehead atoms. The van der Waals surface area contributed by atoms with Crippen LogP contribution in [0.3, 0.4) is 0 Å². The number of nitrogens with zero attached hydrogens (tertiary/aromatic N) is 2. The molecule has 1 amide bonds. The van der Waals surface area contributed by atoms with Crippen molar-refractivity contribution >= 4 is 34.0 Å². The molecule has 0 spiro atoms. The average molecular weight is 356 g/mol. The van der Waals surface area contributed by atoms with Crippen molar-refractivity contribution in [2.75, 3.05) is 11.9 Å². The van der Waals surface area contributed by atoms with E-state index in [9.17, 15) is 22.4 Å². The molecule has 1 N–H and O–H groups in total. The number of benzene rings is 1. The van der Waals surface area contributed by atoms with E-state index >= 15 is 0 Å². The zero-order chi connectivity index (χ0) is 16.3. The third kappa shape index (κ3) is 4.28. The Kier molecular flexibility index (Phi) is 4.81. The Hall–Kier alpha value is -1.94. The molecule has 5 nitrogen and oxygen atoms in total. The van der Waals surface area contributed by atoms with Crippen LogP contribution in [0.4, 0.5) is 22.7 Å². The Morgan fingerprint density at radius 1 is 1.36 bits per heavy atom. The number of rotatable bonds is 4. The number of amides is 1. The van der Waals surface area contributed by atoms with Gasteiger partial charge in [0, 0.05) is 6.07 Å². The smallest absolute Gasteiger partial charge is 0.445 e. The van der Waals surface area contributed by atoms with E-state index in [0.717, 1.165) is 12.1 Å². The van der Waals surface area contributed by atoms with Gasteiger partial charge < -0.3 is 4.74 Å². The van der Waals surface area contributed by atoms with E-state index in [-0.39, 0.29) is 27.2 Å². The Morgan fingerprint density at radius 2 is 2.09 bits per heavy atom. The summed E-state index contributed by atoms with van der Waals surface area (Å²) in [6.07, 6.45) is -4.62. The maximum absolute atomic E-state index is 12.9. The van der Waals surface area contributed by atoms with Crippen molar-refractivity contribution in [2.24, 2.45) is 0 Å². The van der Waals surface area contributed by atoms with Gasteiger partial charge in [0.05, 0.1) is 5.02 Å². The summed E-state index contributed by atoms with van der Waals surface area (Å²) in [6, 6.07) is 3.47. The zero-order valence-electron chi connectivity index (χ0n) is 10.4. The maximum Gasteiger partial charge on any atom is 0.445 e. The molecule has 0 atom stereocenters. The molecule has 0 radical (unpaired) electrons. The lowest BCUT2D eigenvalue weighted by atomic mass is 10.3. The van der Waals surface area contributed by atoms with Gasteiger partial charge >= 0.3 is 6.18 Å². The predicted molar refractivity (Wildman–Crippen MR) is 70.4 cm³/mol. The summed E-state index contributed by atoms with van der Waals surface area (Å²) in [4.78, 5) is 11.5. The SMILES string of the molecule is O=C(COc1ccc(F)c(Cl)c1)Nc1nnc(C(F)(F)F)s1. The molecule has 0 aliphatic heterocycles. The summed E-state index contributed by atoms with van der Waals surface area (Å²) in [7, 11) is 0. The largest absolute Gasteiger partial charge is 0.484 e. The van der Waals surface area contributed by atoms with E-state index in [1.807, 2.05) is 0 Å². The van der Waals surface area contributed by atoms with Gasteiger partial charge in [-0.25, -0.2) is 4.39 Å². The minimum absolute atomic E-state index is 0.134. The third-order valence-corrected chi connectivity index (χ3v) is 3.35. The number of aromatic nitrogens is 2. The van der Waals surface area contributed by atoms with Crippen molar-refractivity contribution in [3.63, 3.8) is 0 Å². The van der Waals surface area contributed by atoms with E-state index in [1.54, 1.807) is 0 Å². The highest BCUT2D eigenvalue weighted by Gasteiger charge is 2.35. The van der Waals surface area contributed by atoms with Gasteiger partial charge in [0.25, 0.3) is 5.91 Å². The topological polar surface area (TPSA) is 64.1 Å². The summed E-state index contributed by atoms with van der Waals surface area (Å²) >= 11 is 5.71. The molecular weight excluding hydrogens is 350 g/mol. The van der Waals surface area contributed by atoms with Crippen LogP contribution >= 0.6 is 22.9 Å². The number of alkyl halides is 3. The second-order valence-corrected chi connectivity index (χ2v) is 5.21. The number of nitrogens with one attached hydrogen (secondary N) is 1. The van der Waals surface area contributed by atoms with Crippen LogP contribution < -0.4 is 10.1 Å². The van der Waals surface area contributed by atoms with Gasteiger partial charge in [-0.2, -0.15) is 13.2 Å². The van der Waals surface area contributed by atoms with Crippen LogP contribution in [-0.4, -0.2) is 22.7 Å². The lowest BCUT2D eigenvalue weighted by Crippen LogP contribution is -2.20. The highest BCUT2D eigenvalue weighted by molar-refractivity contribution is 7.15. The fraction of sp³-hybridized carbons (Fsp3) is 0.182. The van der Waals surface area contributed by atoms with E-state index in [4.69, 9.17) is 16.3 Å². The Labute approximate surface area is 129 Å². The fourth-order valence-corrected chi connectivity index (χ4v) is 2.06. The number of carbonyl (C=O) groups excluding carboxylic acids is 1. The highest BCUT2D eigenvalue weighted by Crippen LogP contribution is 2.32. The monoisotopic (exact) mass is 355 g/mol. The standard InChI is InChI=1S/C11H6ClF4N3O2S/c12-6-3-5(1-2-7(6)13)21-4-8(20)17-10-19-18-9(22-10)11(14,15)16/h1-3H,4H2,(H,17,19,20). The second-order valence-electron chi connectivity index (χ2n) is 3.82. The summed E-state index contributed by atoms with van der Waals surface area (Å²) in [6.45, 7) is -0.511. The molecule has 2 rings (SSSR count). The number of hydrogen-bond donors (Lipinski definition) is 1. The summed E-state index contributed by atoms with van der Waals surface area (Å²) in [5.41, 5.74) is 0. The molecule has 2 aromatic rings. The first-order valence-corrected chi connectivity index (χ1v) is 6.73. The molecule has 0 aliphatic rings. The molecular formula is C11H6ClF4N3O2S. The van der Waals surface area contributed by atoms with Gasteiger partial charge in [-0.05, 0) is 12.1 Å². The van der Waals surface area contributed by atoms with Gasteiger partial charge in [-0.1, -0.05) is 22.9 Å². The van der Waals surface area contributed by atoms with Crippen LogP contribution in [0.2, 0.25) is 5.02 Å². The van der Waals surface area contributed by atoms with Gasteiger partial charge in [0.1, 0.15) is 11.6 Å². The molecule has 11 heteroatoms. The maximum atomic E-state index is 12.9. The lowest BCUT2D eigenvalue weighted by Gasteiger charge is -2.06. The van der Waals surface area contributed by atoms with Crippen molar-refractivity contribution < 1.29 is 27.1 Å². The van der Waals surface area contributed by atoms with Crippen LogP contribution in [0.5, 0.6) is 5.75 Å². The molecule has 0 saturated carbocycles. The van der Waals surface area contributed by atoms with Crippen molar-refractivity contribution in [2.45, 2.75) is 6.18 Å². The molecule has 0 saturated heterocycles. The molecule has 1 heterocycles. The summed E-state index contributed by atoms with van der Waals surface area (Å²) in [5, 5.41) is 6.54. The minimum atomic E-state index is -4.62. The van der Waals surface area contributed by atoms with Crippen molar-refractivity contribution in [3.05, 3.63) is 34.0 Å². The average Bonchev–Trinajstić information content (AvgIpc) is 2.88. The Bertz CT molecular complexity index is 692. The highest BCUT2D eigenvalue weighted by atomic mass is 35.5. The molecule has 0 unspecified atom stereocenters. The predicted octanol–water partition coefficient (Wildman–Crippen LogP) is 3.37. The van der Waals surface area contributed by atoms with Crippen LogP contribution in [-0.2, 0) is 11.0 Å². The van der Waals surface area contributed by atoms with Crippen LogP contribution in [0.15, 0.2) is 18.2 Å². The lowest BCUT2D eigenvalue weighted by molar-refractivity contribution is -0.138. The minimum Gasteiger partial charge on any atom is -0.484 e. The second kappa shape index (κ2) is 6.44. The number of anilines is 1. The number of ether oxygens (including phenoxy) is 1. The van der Waals surface area contributed by atoms with E-state index in [1.165, 1.54) is 6.07 Å². The molecule has 22 heavy (non-hydrogen) atoms. The molecule has 0 aliphatic carbocycles. The van der Waals surface area contributed by atoms with Gasteiger partial charge in [-0.15, -0.1) is 10.2 Å². The van der Waals surface area contributed by atoms with E-state index in [2.05, 4.69) is 15.5 Å². The number of carbonyl (C=O) groups is 1. The fourth-order valence-electron chi connectivity index (χ4n) is 1.26. The Balaban J connectivity index is 1.90. The summed E-state index contributed by atoms with van der Waals surface area (Å²) in [5.74, 6) is -1.26. The molecule has 1 aromatic heterocycles. The molecule has 118 valence electrons. The van der Waals surface area contributed by atoms with E-state index < -0.39 is 29.5 Å². The summed E-state index contributed by atoms with van der Waals surface area (Å²) < 4.78 is 54.8. The zero-order valence-corrected chi connectivity index (χ0v) is 12.0. The third-order valence-electron chi connectivity index (χ3n) is 2.17. The number of hydrogen-bond acceptors (Lipinski definition) is 5. The first-order valence-electron chi connectivity index (χ1n) is 5.54. The Morgan fingerprint density at radius 3 is 2.68 bits per heavy atom. The first kappa shape index (κ1) is 16.4. The van der Waals surface area contributed by atoms with Crippen LogP contribution in [0, 0.1) is 5.82 Å². The van der Waals surface area contributed by atoms with Crippen molar-refractivity contribution in [1.29, 1.82) is 0 Å². The quantitative estimate of drug-likeness (QED) is 0.854. The number of halogens is 5. The van der Waals surface area contributed by atoms with Gasteiger partial charge in [-0.3, -0.25) is 10.1 Å². The van der Waals surface area contributed by atoms with Gasteiger partial charge in [0.2, 0.25) is 10.1 Å². The van der Waals surface area contributed by atoms with Gasteiger partial charge in [0.15, 0.2) is 6.61 Å². The first-order chi connectivity index (χ1) is 10.3. The van der Waals surface area contributed by atoms with Crippen LogP contribution in [0.25, 0.3) is 0 Å².